The minimum Gasteiger partial charge on any atom is -0.496 e. The van der Waals surface area contributed by atoms with Gasteiger partial charge in [0, 0.05) is 44.8 Å². The number of nitriles is 1. The molecule has 0 saturated carbocycles. The first kappa shape index (κ1) is 21.3. The molecule has 0 unspecified atom stereocenters. The average Bonchev–Trinajstić information content (AvgIpc) is 2.84. The normalized spacial score (nSPS) is 16.2. The maximum Gasteiger partial charge on any atom is 0.253 e. The molecule has 0 spiro atoms. The Morgan fingerprint density at radius 1 is 1.18 bits per heavy atom. The fourth-order valence-corrected chi connectivity index (χ4v) is 4.89. The van der Waals surface area contributed by atoms with Crippen LogP contribution in [0.25, 0.3) is 10.9 Å². The van der Waals surface area contributed by atoms with Gasteiger partial charge in [0.25, 0.3) is 5.56 Å². The summed E-state index contributed by atoms with van der Waals surface area (Å²) >= 11 is 0. The Hall–Kier alpha value is -3.57. The molecule has 5 rings (SSSR count). The number of benzene rings is 2. The smallest absolute Gasteiger partial charge is 0.253 e. The summed E-state index contributed by atoms with van der Waals surface area (Å²) in [4.78, 5) is 20.0. The molecule has 1 fully saturated rings. The van der Waals surface area contributed by atoms with Crippen molar-refractivity contribution in [2.24, 2.45) is 0 Å². The quantitative estimate of drug-likeness (QED) is 0.639. The Kier molecular flexibility index (Phi) is 5.65. The number of methoxy groups -OCH3 is 1. The Morgan fingerprint density at radius 3 is 2.73 bits per heavy atom. The van der Waals surface area contributed by atoms with Gasteiger partial charge in [-0.3, -0.25) is 9.69 Å². The topological polar surface area (TPSA) is 84.4 Å². The van der Waals surface area contributed by atoms with Gasteiger partial charge in [-0.2, -0.15) is 5.26 Å². The van der Waals surface area contributed by atoms with Crippen LogP contribution in [-0.2, 0) is 13.0 Å². The summed E-state index contributed by atoms with van der Waals surface area (Å²) in [7, 11) is 1.66. The van der Waals surface area contributed by atoms with Crippen molar-refractivity contribution in [2.75, 3.05) is 50.1 Å². The molecule has 1 saturated heterocycles. The lowest BCUT2D eigenvalue weighted by Gasteiger charge is -2.36. The number of pyridine rings is 1. The summed E-state index contributed by atoms with van der Waals surface area (Å²) in [6, 6.07) is 10.7. The second-order valence-corrected chi connectivity index (χ2v) is 8.60. The number of H-pyrrole nitrogens is 1. The molecular weight excluding hydrogens is 421 g/mol. The highest BCUT2D eigenvalue weighted by Gasteiger charge is 2.22. The van der Waals surface area contributed by atoms with E-state index in [9.17, 15) is 9.18 Å². The van der Waals surface area contributed by atoms with Crippen molar-refractivity contribution < 1.29 is 9.13 Å². The van der Waals surface area contributed by atoms with Gasteiger partial charge in [-0.1, -0.05) is 0 Å². The number of halogens is 1. The lowest BCUT2D eigenvalue weighted by atomic mass is 9.99. The first-order valence-corrected chi connectivity index (χ1v) is 11.2. The molecule has 33 heavy (non-hydrogen) atoms. The molecule has 3 heterocycles. The zero-order valence-corrected chi connectivity index (χ0v) is 18.6. The summed E-state index contributed by atoms with van der Waals surface area (Å²) in [5, 5.41) is 13.3. The summed E-state index contributed by atoms with van der Waals surface area (Å²) in [5.74, 6) is 0.394. The molecule has 8 heteroatoms. The number of fused-ring (bicyclic) bond motifs is 3. The number of ether oxygens (including phenoxy) is 1. The summed E-state index contributed by atoms with van der Waals surface area (Å²) in [6.07, 6.45) is 1.71. The highest BCUT2D eigenvalue weighted by atomic mass is 19.1. The van der Waals surface area contributed by atoms with E-state index < -0.39 is 0 Å². The van der Waals surface area contributed by atoms with E-state index in [1.807, 2.05) is 23.1 Å². The maximum absolute atomic E-state index is 14.4. The third kappa shape index (κ3) is 4.00. The Bertz CT molecular complexity index is 1300. The van der Waals surface area contributed by atoms with Gasteiger partial charge in [0.05, 0.1) is 41.0 Å². The Labute approximate surface area is 191 Å². The van der Waals surface area contributed by atoms with Gasteiger partial charge in [-0.05, 0) is 48.7 Å². The van der Waals surface area contributed by atoms with Gasteiger partial charge in [0.15, 0.2) is 0 Å². The lowest BCUT2D eigenvalue weighted by molar-refractivity contribution is 0.249. The predicted octanol–water partition coefficient (Wildman–Crippen LogP) is 3.23. The first-order chi connectivity index (χ1) is 16.1. The molecule has 2 N–H and O–H groups in total. The fraction of sp³-hybridized carbons (Fsp3) is 0.360. The molecule has 170 valence electrons. The monoisotopic (exact) mass is 447 g/mol. The molecule has 3 aromatic rings. The highest BCUT2D eigenvalue weighted by molar-refractivity contribution is 5.98. The third-order valence-electron chi connectivity index (χ3n) is 6.56. The maximum atomic E-state index is 14.4. The first-order valence-electron chi connectivity index (χ1n) is 11.2. The molecule has 2 aliphatic heterocycles. The van der Waals surface area contributed by atoms with E-state index in [2.05, 4.69) is 15.2 Å². The van der Waals surface area contributed by atoms with Crippen molar-refractivity contribution in [1.29, 1.82) is 5.26 Å². The van der Waals surface area contributed by atoms with E-state index in [0.717, 1.165) is 65.9 Å². The van der Waals surface area contributed by atoms with Crippen LogP contribution >= 0.6 is 0 Å². The zero-order valence-electron chi connectivity index (χ0n) is 18.6. The van der Waals surface area contributed by atoms with Gasteiger partial charge in [0.2, 0.25) is 0 Å². The van der Waals surface area contributed by atoms with Gasteiger partial charge in [0.1, 0.15) is 11.6 Å². The van der Waals surface area contributed by atoms with Crippen LogP contribution in [-0.4, -0.2) is 49.7 Å². The van der Waals surface area contributed by atoms with Crippen molar-refractivity contribution in [3.8, 4) is 11.8 Å². The lowest BCUT2D eigenvalue weighted by Crippen LogP contribution is -2.46. The van der Waals surface area contributed by atoms with Crippen LogP contribution in [0.2, 0.25) is 0 Å². The van der Waals surface area contributed by atoms with Crippen LogP contribution in [0, 0.1) is 17.1 Å². The largest absolute Gasteiger partial charge is 0.496 e. The predicted molar refractivity (Wildman–Crippen MR) is 127 cm³/mol. The van der Waals surface area contributed by atoms with Crippen LogP contribution in [0.15, 0.2) is 35.1 Å². The molecule has 0 aliphatic carbocycles. The molecular formula is C25H26FN5O2. The molecule has 2 aliphatic rings. The second kappa shape index (κ2) is 8.75. The third-order valence-corrected chi connectivity index (χ3v) is 6.56. The van der Waals surface area contributed by atoms with Crippen LogP contribution in [0.5, 0.6) is 5.75 Å². The summed E-state index contributed by atoms with van der Waals surface area (Å²) in [6.45, 7) is 4.51. The fourth-order valence-electron chi connectivity index (χ4n) is 4.89. The number of aromatic amines is 1. The van der Waals surface area contributed by atoms with Gasteiger partial charge in [-0.15, -0.1) is 0 Å². The van der Waals surface area contributed by atoms with Crippen molar-refractivity contribution in [3.05, 3.63) is 63.2 Å². The second-order valence-electron chi connectivity index (χ2n) is 8.60. The number of hydrogen-bond donors (Lipinski definition) is 2. The average molecular weight is 448 g/mol. The number of nitrogens with one attached hydrogen (secondary N) is 2. The highest BCUT2D eigenvalue weighted by Crippen LogP contribution is 2.36. The molecule has 0 atom stereocenters. The number of hydrogen-bond acceptors (Lipinski definition) is 6. The van der Waals surface area contributed by atoms with Crippen LogP contribution in [0.4, 0.5) is 15.8 Å². The molecule has 1 aromatic heterocycles. The Morgan fingerprint density at radius 2 is 2.00 bits per heavy atom. The molecule has 0 amide bonds. The Balaban J connectivity index is 1.35. The van der Waals surface area contributed by atoms with E-state index in [-0.39, 0.29) is 11.4 Å². The number of nitrogens with zero attached hydrogens (tertiary/aromatic N) is 3. The van der Waals surface area contributed by atoms with E-state index >= 15 is 0 Å². The zero-order chi connectivity index (χ0) is 22.9. The van der Waals surface area contributed by atoms with Crippen LogP contribution in [0.3, 0.4) is 0 Å². The van der Waals surface area contributed by atoms with Gasteiger partial charge >= 0.3 is 0 Å². The van der Waals surface area contributed by atoms with Gasteiger partial charge < -0.3 is 19.9 Å². The molecule has 7 nitrogen and oxygen atoms in total. The summed E-state index contributed by atoms with van der Waals surface area (Å²) in [5.41, 5.74) is 4.35. The van der Waals surface area contributed by atoms with Crippen molar-refractivity contribution in [1.82, 2.24) is 9.88 Å². The molecule has 2 aromatic carbocycles. The van der Waals surface area contributed by atoms with Gasteiger partial charge in [-0.25, -0.2) is 4.39 Å². The summed E-state index contributed by atoms with van der Waals surface area (Å²) < 4.78 is 20.1. The van der Waals surface area contributed by atoms with Crippen LogP contribution < -0.4 is 20.5 Å². The number of anilines is 2. The number of piperazine rings is 1. The van der Waals surface area contributed by atoms with E-state index in [1.54, 1.807) is 19.2 Å². The number of rotatable bonds is 4. The van der Waals surface area contributed by atoms with E-state index in [0.29, 0.717) is 30.9 Å². The van der Waals surface area contributed by atoms with Crippen molar-refractivity contribution in [2.45, 2.75) is 19.4 Å². The molecule has 0 bridgehead atoms. The minimum atomic E-state index is -0.359. The van der Waals surface area contributed by atoms with E-state index in [4.69, 9.17) is 10.00 Å². The standard InChI is InChI=1S/C25H26FN5O2/c1-33-22-13-17(12-20-23(22)24-18(25(32)29-20)3-2-6-28-24)15-30-7-9-31(10-8-30)21-5-4-16(14-27)11-19(21)26/h4-5,11-13,28H,2-3,6-10,15H2,1H3,(H,29,32). The number of aromatic nitrogens is 1. The minimum absolute atomic E-state index is 0.0399. The van der Waals surface area contributed by atoms with Crippen molar-refractivity contribution in [3.63, 3.8) is 0 Å². The molecule has 0 radical (unpaired) electrons. The van der Waals surface area contributed by atoms with Crippen LogP contribution in [0.1, 0.15) is 23.1 Å². The van der Waals surface area contributed by atoms with E-state index in [1.165, 1.54) is 6.07 Å². The van der Waals surface area contributed by atoms with Crippen molar-refractivity contribution >= 4 is 22.3 Å². The SMILES string of the molecule is COc1cc(CN2CCN(c3ccc(C#N)cc3F)CC2)cc2[nH]c(=O)c3c(c12)NCCC3.